The second kappa shape index (κ2) is 11.2. The molecule has 3 aromatic carbocycles. The van der Waals surface area contributed by atoms with E-state index in [-0.39, 0.29) is 23.0 Å². The van der Waals surface area contributed by atoms with Crippen molar-refractivity contribution in [2.24, 2.45) is 4.99 Å². The second-order valence-corrected chi connectivity index (χ2v) is 8.82. The van der Waals surface area contributed by atoms with Crippen LogP contribution in [-0.4, -0.2) is 29.9 Å². The molecule has 0 aromatic heterocycles. The molecule has 0 bridgehead atoms. The van der Waals surface area contributed by atoms with Crippen molar-refractivity contribution >= 4 is 63.2 Å². The number of carbonyl (C=O) groups is 2. The number of ether oxygens (including phenoxy) is 3. The van der Waals surface area contributed by atoms with Gasteiger partial charge in [0.1, 0.15) is 11.5 Å². The van der Waals surface area contributed by atoms with E-state index in [0.29, 0.717) is 31.9 Å². The number of rotatable bonds is 7. The lowest BCUT2D eigenvalue weighted by atomic mass is 10.1. The number of non-ortho nitro benzene ring substituents is 1. The van der Waals surface area contributed by atoms with Gasteiger partial charge in [-0.05, 0) is 66.2 Å². The van der Waals surface area contributed by atoms with Gasteiger partial charge in [0, 0.05) is 33.3 Å². The van der Waals surface area contributed by atoms with E-state index in [0.717, 1.165) is 0 Å². The number of hydrogen-bond acceptors (Lipinski definition) is 8. The first-order valence-electron chi connectivity index (χ1n) is 10.5. The number of aliphatic imine (C=N–C) groups is 1. The first kappa shape index (κ1) is 25.8. The molecule has 0 fully saturated rings. The van der Waals surface area contributed by atoms with Crippen molar-refractivity contribution in [2.45, 2.75) is 0 Å². The Morgan fingerprint density at radius 1 is 1.11 bits per heavy atom. The number of halogens is 2. The zero-order chi connectivity index (χ0) is 26.5. The van der Waals surface area contributed by atoms with Crippen LogP contribution < -0.4 is 9.47 Å². The molecule has 0 amide bonds. The fraction of sp³-hybridized carbons (Fsp3) is 0.0385. The molecule has 1 heterocycles. The van der Waals surface area contributed by atoms with Gasteiger partial charge in [-0.15, -0.1) is 0 Å². The summed E-state index contributed by atoms with van der Waals surface area (Å²) < 4.78 is 16.8. The lowest BCUT2D eigenvalue weighted by molar-refractivity contribution is -0.384. The highest BCUT2D eigenvalue weighted by Gasteiger charge is 2.27. The molecule has 1 aliphatic heterocycles. The second-order valence-electron chi connectivity index (χ2n) is 7.47. The molecule has 0 unspecified atom stereocenters. The molecule has 0 spiro atoms. The molecule has 0 radical (unpaired) electrons. The number of methoxy groups -OCH3 is 1. The predicted molar refractivity (Wildman–Crippen MR) is 141 cm³/mol. The number of nitro benzene ring substituents is 1. The third kappa shape index (κ3) is 6.29. The molecular formula is C26H16BrClN2O7. The van der Waals surface area contributed by atoms with E-state index >= 15 is 0 Å². The van der Waals surface area contributed by atoms with Crippen LogP contribution in [0.25, 0.3) is 12.2 Å². The highest BCUT2D eigenvalue weighted by molar-refractivity contribution is 9.10. The molecule has 0 aliphatic carbocycles. The molecule has 9 nitrogen and oxygen atoms in total. The van der Waals surface area contributed by atoms with Crippen molar-refractivity contribution in [1.29, 1.82) is 0 Å². The van der Waals surface area contributed by atoms with E-state index in [9.17, 15) is 19.7 Å². The van der Waals surface area contributed by atoms with Crippen LogP contribution in [0.2, 0.25) is 5.02 Å². The summed E-state index contributed by atoms with van der Waals surface area (Å²) >= 11 is 9.44. The SMILES string of the molecule is COc1ccc(Cl)cc1C1=N/C(=C\c2cc(Br)ccc2OC(=O)/C=C/c2ccc([N+](=O)[O-])cc2)C(=O)O1. The number of nitrogens with zero attached hydrogens (tertiary/aromatic N) is 2. The van der Waals surface area contributed by atoms with Gasteiger partial charge in [0.2, 0.25) is 5.90 Å². The van der Waals surface area contributed by atoms with Crippen molar-refractivity contribution in [3.63, 3.8) is 0 Å². The molecule has 0 saturated carbocycles. The number of nitro groups is 1. The Kier molecular flexibility index (Phi) is 7.80. The van der Waals surface area contributed by atoms with Crippen molar-refractivity contribution in [2.75, 3.05) is 7.11 Å². The van der Waals surface area contributed by atoms with E-state index in [2.05, 4.69) is 20.9 Å². The Labute approximate surface area is 223 Å². The molecule has 186 valence electrons. The zero-order valence-electron chi connectivity index (χ0n) is 19.0. The van der Waals surface area contributed by atoms with Crippen LogP contribution in [-0.2, 0) is 14.3 Å². The maximum Gasteiger partial charge on any atom is 0.363 e. The monoisotopic (exact) mass is 582 g/mol. The minimum absolute atomic E-state index is 0.0196. The molecule has 11 heteroatoms. The number of esters is 2. The van der Waals surface area contributed by atoms with Crippen LogP contribution in [0.3, 0.4) is 0 Å². The molecule has 3 aromatic rings. The maximum absolute atomic E-state index is 12.5. The van der Waals surface area contributed by atoms with E-state index in [1.807, 2.05) is 0 Å². The standard InChI is InChI=1S/C26H16BrClN2O7/c1-35-23-10-6-18(28)14-20(23)25-29-21(26(32)37-25)13-16-12-17(27)5-9-22(16)36-24(31)11-4-15-2-7-19(8-3-15)30(33)34/h2-14H,1H3/b11-4+,21-13-. The minimum Gasteiger partial charge on any atom is -0.496 e. The van der Waals surface area contributed by atoms with Crippen molar-refractivity contribution < 1.29 is 28.7 Å². The Hall–Kier alpha value is -4.28. The molecule has 37 heavy (non-hydrogen) atoms. The van der Waals surface area contributed by atoms with E-state index in [4.69, 9.17) is 25.8 Å². The number of hydrogen-bond donors (Lipinski definition) is 0. The van der Waals surface area contributed by atoms with Gasteiger partial charge >= 0.3 is 11.9 Å². The van der Waals surface area contributed by atoms with Crippen LogP contribution in [0.5, 0.6) is 11.5 Å². The summed E-state index contributed by atoms with van der Waals surface area (Å²) in [6.07, 6.45) is 4.08. The number of carbonyl (C=O) groups excluding carboxylic acids is 2. The van der Waals surface area contributed by atoms with Crippen molar-refractivity contribution in [3.8, 4) is 11.5 Å². The number of benzene rings is 3. The average Bonchev–Trinajstić information content (AvgIpc) is 3.24. The fourth-order valence-electron chi connectivity index (χ4n) is 3.26. The molecule has 0 atom stereocenters. The van der Waals surface area contributed by atoms with Crippen LogP contribution >= 0.6 is 27.5 Å². The summed E-state index contributed by atoms with van der Waals surface area (Å²) in [4.78, 5) is 39.5. The van der Waals surface area contributed by atoms with Crippen LogP contribution in [0, 0.1) is 10.1 Å². The summed E-state index contributed by atoms with van der Waals surface area (Å²) in [5.74, 6) is -0.774. The normalized spacial score (nSPS) is 14.0. The van der Waals surface area contributed by atoms with Crippen LogP contribution in [0.1, 0.15) is 16.7 Å². The van der Waals surface area contributed by atoms with Crippen molar-refractivity contribution in [1.82, 2.24) is 0 Å². The predicted octanol–water partition coefficient (Wildman–Crippen LogP) is 5.98. The topological polar surface area (TPSA) is 117 Å². The Bertz CT molecular complexity index is 1500. The van der Waals surface area contributed by atoms with Gasteiger partial charge in [-0.25, -0.2) is 14.6 Å². The van der Waals surface area contributed by atoms with Crippen LogP contribution in [0.4, 0.5) is 5.69 Å². The average molecular weight is 584 g/mol. The van der Waals surface area contributed by atoms with E-state index < -0.39 is 16.9 Å². The summed E-state index contributed by atoms with van der Waals surface area (Å²) in [6, 6.07) is 15.4. The van der Waals surface area contributed by atoms with Gasteiger partial charge in [-0.2, -0.15) is 0 Å². The number of cyclic esters (lactones) is 1. The largest absolute Gasteiger partial charge is 0.496 e. The molecule has 0 saturated heterocycles. The fourth-order valence-corrected chi connectivity index (χ4v) is 3.81. The van der Waals surface area contributed by atoms with Gasteiger partial charge in [0.15, 0.2) is 5.70 Å². The summed E-state index contributed by atoms with van der Waals surface area (Å²) in [7, 11) is 1.47. The minimum atomic E-state index is -0.702. The lowest BCUT2D eigenvalue weighted by Crippen LogP contribution is -2.07. The van der Waals surface area contributed by atoms with Gasteiger partial charge in [0.25, 0.3) is 5.69 Å². The maximum atomic E-state index is 12.5. The molecule has 4 rings (SSSR count). The van der Waals surface area contributed by atoms with E-state index in [1.54, 1.807) is 36.4 Å². The summed E-state index contributed by atoms with van der Waals surface area (Å²) in [5.41, 5.74) is 1.30. The molecule has 0 N–H and O–H groups in total. The van der Waals surface area contributed by atoms with Crippen LogP contribution in [0.15, 0.2) is 81.9 Å². The highest BCUT2D eigenvalue weighted by atomic mass is 79.9. The van der Waals surface area contributed by atoms with Gasteiger partial charge in [-0.1, -0.05) is 27.5 Å². The zero-order valence-corrected chi connectivity index (χ0v) is 21.4. The summed E-state index contributed by atoms with van der Waals surface area (Å²) in [6.45, 7) is 0. The molecule has 1 aliphatic rings. The van der Waals surface area contributed by atoms with Crippen molar-refractivity contribution in [3.05, 3.63) is 109 Å². The van der Waals surface area contributed by atoms with E-state index in [1.165, 1.54) is 49.6 Å². The Morgan fingerprint density at radius 2 is 1.84 bits per heavy atom. The summed E-state index contributed by atoms with van der Waals surface area (Å²) in [5, 5.41) is 11.2. The highest BCUT2D eigenvalue weighted by Crippen LogP contribution is 2.30. The first-order valence-corrected chi connectivity index (χ1v) is 11.7. The molecular weight excluding hydrogens is 568 g/mol. The quantitative estimate of drug-likeness (QED) is 0.110. The Morgan fingerprint density at radius 3 is 2.54 bits per heavy atom. The van der Waals surface area contributed by atoms with Gasteiger partial charge in [0.05, 0.1) is 17.6 Å². The lowest BCUT2D eigenvalue weighted by Gasteiger charge is -2.07. The first-order chi connectivity index (χ1) is 17.7. The smallest absolute Gasteiger partial charge is 0.363 e. The Balaban J connectivity index is 1.58. The van der Waals surface area contributed by atoms with Gasteiger partial charge < -0.3 is 14.2 Å². The van der Waals surface area contributed by atoms with Gasteiger partial charge in [-0.3, -0.25) is 10.1 Å². The third-order valence-corrected chi connectivity index (χ3v) is 5.73. The third-order valence-electron chi connectivity index (χ3n) is 5.00.